The molecule has 6 aromatic carbocycles. The van der Waals surface area contributed by atoms with Crippen LogP contribution in [0.5, 0.6) is 0 Å². The van der Waals surface area contributed by atoms with Gasteiger partial charge in [0.15, 0.2) is 0 Å². The summed E-state index contributed by atoms with van der Waals surface area (Å²) in [7, 11) is 0. The fourth-order valence-corrected chi connectivity index (χ4v) is 9.92. The second kappa shape index (κ2) is 11.7. The predicted molar refractivity (Wildman–Crippen MR) is 225 cm³/mol. The highest BCUT2D eigenvalue weighted by molar-refractivity contribution is 6.24. The van der Waals surface area contributed by atoms with Gasteiger partial charge in [-0.15, -0.1) is 0 Å². The van der Waals surface area contributed by atoms with Crippen LogP contribution >= 0.6 is 0 Å². The standard InChI is InChI=1S/C51H40N2/c1-32-13-6-7-17-39(32)49-33(2)14-12-20-41(49)34-24-26-40-36(29-34)30-35-23-25-38(31-46(35)40)53-48-22-11-9-19-43(48)45-28-27-44-42-18-8-10-21-47(42)52(50(44)51(45)53)37-15-4-3-5-16-37/h3-22,24-29,31-32,35,39H,23,30H2,1-2H3. The van der Waals surface area contributed by atoms with Crippen LogP contribution in [-0.2, 0) is 6.42 Å². The molecule has 53 heavy (non-hydrogen) atoms. The first-order chi connectivity index (χ1) is 26.1. The largest absolute Gasteiger partial charge is 0.307 e. The van der Waals surface area contributed by atoms with Gasteiger partial charge >= 0.3 is 0 Å². The highest BCUT2D eigenvalue weighted by Gasteiger charge is 2.31. The summed E-state index contributed by atoms with van der Waals surface area (Å²) in [4.78, 5) is 0. The first kappa shape index (κ1) is 30.5. The Bertz CT molecular complexity index is 2920. The Morgan fingerprint density at radius 3 is 2.08 bits per heavy atom. The molecule has 3 aliphatic rings. The molecule has 254 valence electrons. The highest BCUT2D eigenvalue weighted by Crippen LogP contribution is 2.48. The highest BCUT2D eigenvalue weighted by atomic mass is 15.0. The van der Waals surface area contributed by atoms with Crippen molar-refractivity contribution in [1.29, 1.82) is 0 Å². The van der Waals surface area contributed by atoms with Gasteiger partial charge in [-0.1, -0.05) is 140 Å². The minimum absolute atomic E-state index is 0.389. The maximum Gasteiger partial charge on any atom is 0.0788 e. The zero-order chi connectivity index (χ0) is 35.2. The molecule has 2 heterocycles. The molecule has 0 saturated carbocycles. The SMILES string of the molecule is Cc1cccc(-c2ccc3c(c2)CC2CC=C(n4c5ccccc5c5ccc6c7ccccc7n(-c7ccccc7)c6c54)C=C32)c1C1C=CC=CC1C. The van der Waals surface area contributed by atoms with Gasteiger partial charge in [-0.2, -0.15) is 0 Å². The number of allylic oxidation sites excluding steroid dienone is 8. The molecule has 3 atom stereocenters. The molecule has 0 bridgehead atoms. The molecule has 0 saturated heterocycles. The van der Waals surface area contributed by atoms with Gasteiger partial charge in [-0.3, -0.25) is 0 Å². The lowest BCUT2D eigenvalue weighted by Gasteiger charge is -2.26. The van der Waals surface area contributed by atoms with Crippen LogP contribution < -0.4 is 0 Å². The van der Waals surface area contributed by atoms with E-state index in [4.69, 9.17) is 0 Å². The second-order valence-corrected chi connectivity index (χ2v) is 15.3. The number of nitrogens with zero attached hydrogens (tertiary/aromatic N) is 2. The van der Waals surface area contributed by atoms with Gasteiger partial charge in [-0.25, -0.2) is 0 Å². The molecular weight excluding hydrogens is 641 g/mol. The molecular formula is C51H40N2. The van der Waals surface area contributed by atoms with Crippen LogP contribution in [0.1, 0.15) is 41.5 Å². The average molecular weight is 681 g/mol. The van der Waals surface area contributed by atoms with E-state index in [1.807, 2.05) is 0 Å². The summed E-state index contributed by atoms with van der Waals surface area (Å²) in [5, 5.41) is 5.14. The van der Waals surface area contributed by atoms with Crippen molar-refractivity contribution in [2.75, 3.05) is 0 Å². The smallest absolute Gasteiger partial charge is 0.0788 e. The molecule has 2 aromatic heterocycles. The molecule has 0 fully saturated rings. The summed E-state index contributed by atoms with van der Waals surface area (Å²) in [6.45, 7) is 4.62. The first-order valence-electron chi connectivity index (χ1n) is 19.1. The van der Waals surface area contributed by atoms with Gasteiger partial charge in [-0.05, 0) is 101 Å². The summed E-state index contributed by atoms with van der Waals surface area (Å²) in [6, 6.07) is 47.5. The summed E-state index contributed by atoms with van der Waals surface area (Å²) in [5.74, 6) is 1.36. The van der Waals surface area contributed by atoms with E-state index >= 15 is 0 Å². The van der Waals surface area contributed by atoms with Crippen molar-refractivity contribution < 1.29 is 0 Å². The van der Waals surface area contributed by atoms with Gasteiger partial charge < -0.3 is 9.13 Å². The summed E-state index contributed by atoms with van der Waals surface area (Å²) in [5.41, 5.74) is 17.4. The average Bonchev–Trinajstić information content (AvgIpc) is 3.85. The molecule has 0 radical (unpaired) electrons. The van der Waals surface area contributed by atoms with E-state index in [1.165, 1.54) is 93.9 Å². The molecule has 2 heteroatoms. The third-order valence-corrected chi connectivity index (χ3v) is 12.4. The van der Waals surface area contributed by atoms with Gasteiger partial charge in [0.25, 0.3) is 0 Å². The van der Waals surface area contributed by atoms with E-state index in [-0.39, 0.29) is 0 Å². The topological polar surface area (TPSA) is 9.86 Å². The van der Waals surface area contributed by atoms with Gasteiger partial charge in [0.2, 0.25) is 0 Å². The lowest BCUT2D eigenvalue weighted by atomic mass is 9.78. The van der Waals surface area contributed by atoms with Crippen molar-refractivity contribution in [2.45, 2.75) is 32.6 Å². The van der Waals surface area contributed by atoms with Crippen LogP contribution in [0.4, 0.5) is 0 Å². The Balaban J connectivity index is 1.09. The molecule has 11 rings (SSSR count). The molecule has 0 aliphatic heterocycles. The molecule has 8 aromatic rings. The van der Waals surface area contributed by atoms with E-state index in [2.05, 4.69) is 187 Å². The van der Waals surface area contributed by atoms with Gasteiger partial charge in [0.05, 0.1) is 22.1 Å². The quantitative estimate of drug-likeness (QED) is 0.175. The van der Waals surface area contributed by atoms with Crippen LogP contribution in [0, 0.1) is 18.8 Å². The number of benzene rings is 6. The molecule has 2 nitrogen and oxygen atoms in total. The molecule has 3 unspecified atom stereocenters. The second-order valence-electron chi connectivity index (χ2n) is 15.3. The maximum absolute atomic E-state index is 2.56. The zero-order valence-corrected chi connectivity index (χ0v) is 30.1. The lowest BCUT2D eigenvalue weighted by molar-refractivity contribution is 0.633. The van der Waals surface area contributed by atoms with Gasteiger partial charge in [0, 0.05) is 38.8 Å². The number of hydrogen-bond donors (Lipinski definition) is 0. The van der Waals surface area contributed by atoms with Crippen molar-refractivity contribution in [3.63, 3.8) is 0 Å². The van der Waals surface area contributed by atoms with E-state index in [1.54, 1.807) is 0 Å². The summed E-state index contributed by atoms with van der Waals surface area (Å²) in [6.07, 6.45) is 16.3. The number of rotatable bonds is 4. The van der Waals surface area contributed by atoms with Crippen molar-refractivity contribution in [2.24, 2.45) is 11.8 Å². The van der Waals surface area contributed by atoms with Crippen LogP contribution in [-0.4, -0.2) is 9.13 Å². The lowest BCUT2D eigenvalue weighted by Crippen LogP contribution is -2.10. The number of para-hydroxylation sites is 3. The number of aryl methyl sites for hydroxylation is 1. The van der Waals surface area contributed by atoms with E-state index in [0.717, 1.165) is 12.8 Å². The Kier molecular flexibility index (Phi) is 6.73. The first-order valence-corrected chi connectivity index (χ1v) is 19.1. The van der Waals surface area contributed by atoms with Crippen LogP contribution in [0.2, 0.25) is 0 Å². The fourth-order valence-electron chi connectivity index (χ4n) is 9.92. The van der Waals surface area contributed by atoms with Crippen LogP contribution in [0.25, 0.3) is 71.7 Å². The maximum atomic E-state index is 2.56. The number of aromatic nitrogens is 2. The Hall–Kier alpha value is -6.12. The normalized spacial score (nSPS) is 19.2. The summed E-state index contributed by atoms with van der Waals surface area (Å²) >= 11 is 0. The molecule has 0 spiro atoms. The van der Waals surface area contributed by atoms with Crippen LogP contribution in [0.3, 0.4) is 0 Å². The third-order valence-electron chi connectivity index (χ3n) is 12.4. The van der Waals surface area contributed by atoms with Gasteiger partial charge in [0.1, 0.15) is 0 Å². The van der Waals surface area contributed by atoms with E-state index < -0.39 is 0 Å². The van der Waals surface area contributed by atoms with E-state index in [0.29, 0.717) is 17.8 Å². The van der Waals surface area contributed by atoms with Crippen molar-refractivity contribution in [3.8, 4) is 16.8 Å². The molecule has 3 aliphatic carbocycles. The number of fused-ring (bicyclic) bond motifs is 10. The van der Waals surface area contributed by atoms with E-state index in [9.17, 15) is 0 Å². The summed E-state index contributed by atoms with van der Waals surface area (Å²) < 4.78 is 5.04. The minimum Gasteiger partial charge on any atom is -0.307 e. The van der Waals surface area contributed by atoms with Crippen molar-refractivity contribution in [3.05, 3.63) is 186 Å². The predicted octanol–water partition coefficient (Wildman–Crippen LogP) is 13.2. The van der Waals surface area contributed by atoms with Crippen molar-refractivity contribution >= 4 is 54.9 Å². The monoisotopic (exact) mass is 680 g/mol. The van der Waals surface area contributed by atoms with Crippen LogP contribution in [0.15, 0.2) is 164 Å². The third kappa shape index (κ3) is 4.51. The Morgan fingerprint density at radius 1 is 0.604 bits per heavy atom. The zero-order valence-electron chi connectivity index (χ0n) is 30.1. The fraction of sp³-hybridized carbons (Fsp3) is 0.137. The molecule has 0 N–H and O–H groups in total. The Morgan fingerprint density at radius 2 is 1.30 bits per heavy atom. The molecule has 0 amide bonds. The number of hydrogen-bond acceptors (Lipinski definition) is 0. The minimum atomic E-state index is 0.389. The van der Waals surface area contributed by atoms with Crippen molar-refractivity contribution in [1.82, 2.24) is 9.13 Å². The Labute approximate surface area is 310 Å².